The molecule has 2 N–H and O–H groups in total. The third kappa shape index (κ3) is 4.75. The van der Waals surface area contributed by atoms with Crippen LogP contribution in [0.3, 0.4) is 0 Å². The zero-order valence-electron chi connectivity index (χ0n) is 18.7. The van der Waals surface area contributed by atoms with E-state index in [4.69, 9.17) is 9.47 Å². The summed E-state index contributed by atoms with van der Waals surface area (Å²) in [6, 6.07) is 16.8. The topological polar surface area (TPSA) is 105 Å². The third-order valence-corrected chi connectivity index (χ3v) is 5.26. The van der Waals surface area contributed by atoms with Crippen LogP contribution in [0, 0.1) is 0 Å². The number of pyridine rings is 2. The van der Waals surface area contributed by atoms with Crippen molar-refractivity contribution in [3.8, 4) is 34.3 Å². The summed E-state index contributed by atoms with van der Waals surface area (Å²) in [6.45, 7) is 0.240. The Bertz CT molecular complexity index is 1290. The standard InChI is InChI=1S/C26H23N3O5/c1-33-24-12-19(15-28-25(24)34-2)18-5-7-20(8-6-18)29(16-17-4-3-11-27-14-17)26(32)22-10-9-21(30)13-23(22)31/h3-15,30-31H,16H2,1-2H3. The monoisotopic (exact) mass is 457 g/mol. The fourth-order valence-electron chi connectivity index (χ4n) is 3.52. The first kappa shape index (κ1) is 22.6. The van der Waals surface area contributed by atoms with Gasteiger partial charge in [0.2, 0.25) is 0 Å². The lowest BCUT2D eigenvalue weighted by Crippen LogP contribution is -2.30. The number of aromatic hydroxyl groups is 2. The molecule has 172 valence electrons. The number of rotatable bonds is 7. The van der Waals surface area contributed by atoms with Crippen LogP contribution in [0.15, 0.2) is 79.3 Å². The molecule has 0 radical (unpaired) electrons. The number of hydrogen-bond donors (Lipinski definition) is 2. The van der Waals surface area contributed by atoms with E-state index in [2.05, 4.69) is 9.97 Å². The quantitative estimate of drug-likeness (QED) is 0.423. The van der Waals surface area contributed by atoms with Crippen LogP contribution in [-0.4, -0.2) is 40.3 Å². The van der Waals surface area contributed by atoms with Gasteiger partial charge in [0.25, 0.3) is 11.8 Å². The first-order valence-corrected chi connectivity index (χ1v) is 10.4. The highest BCUT2D eigenvalue weighted by Crippen LogP contribution is 2.32. The van der Waals surface area contributed by atoms with Crippen LogP contribution in [0.25, 0.3) is 11.1 Å². The molecule has 0 atom stereocenters. The van der Waals surface area contributed by atoms with E-state index in [1.54, 1.807) is 36.7 Å². The highest BCUT2D eigenvalue weighted by Gasteiger charge is 2.22. The van der Waals surface area contributed by atoms with Crippen LogP contribution in [0.4, 0.5) is 5.69 Å². The zero-order valence-corrected chi connectivity index (χ0v) is 18.7. The molecule has 0 saturated heterocycles. The van der Waals surface area contributed by atoms with Gasteiger partial charge in [-0.2, -0.15) is 0 Å². The minimum atomic E-state index is -0.415. The van der Waals surface area contributed by atoms with E-state index < -0.39 is 5.91 Å². The van der Waals surface area contributed by atoms with Crippen molar-refractivity contribution in [3.05, 3.63) is 90.4 Å². The Balaban J connectivity index is 1.69. The molecule has 0 saturated carbocycles. The number of phenolic OH excluding ortho intramolecular Hbond substituents is 2. The van der Waals surface area contributed by atoms with Gasteiger partial charge in [-0.05, 0) is 47.5 Å². The van der Waals surface area contributed by atoms with E-state index in [1.165, 1.54) is 19.2 Å². The molecule has 2 heterocycles. The van der Waals surface area contributed by atoms with Gasteiger partial charge < -0.3 is 24.6 Å². The Hall–Kier alpha value is -4.59. The Labute approximate surface area is 196 Å². The van der Waals surface area contributed by atoms with Crippen LogP contribution in [0.2, 0.25) is 0 Å². The van der Waals surface area contributed by atoms with E-state index >= 15 is 0 Å². The number of anilines is 1. The summed E-state index contributed by atoms with van der Waals surface area (Å²) in [5.41, 5.74) is 3.22. The second-order valence-electron chi connectivity index (χ2n) is 7.44. The van der Waals surface area contributed by atoms with Crippen LogP contribution in [-0.2, 0) is 6.54 Å². The maximum Gasteiger partial charge on any atom is 0.262 e. The first-order chi connectivity index (χ1) is 16.5. The Kier molecular flexibility index (Phi) is 6.59. The molecule has 4 rings (SSSR count). The second-order valence-corrected chi connectivity index (χ2v) is 7.44. The number of methoxy groups -OCH3 is 2. The molecule has 0 spiro atoms. The molecule has 0 aliphatic rings. The van der Waals surface area contributed by atoms with Gasteiger partial charge in [-0.15, -0.1) is 0 Å². The van der Waals surface area contributed by atoms with Crippen molar-refractivity contribution >= 4 is 11.6 Å². The molecule has 0 bridgehead atoms. The van der Waals surface area contributed by atoms with Gasteiger partial charge in [0, 0.05) is 35.9 Å². The number of hydrogen-bond acceptors (Lipinski definition) is 7. The summed E-state index contributed by atoms with van der Waals surface area (Å²) >= 11 is 0. The van der Waals surface area contributed by atoms with E-state index in [0.29, 0.717) is 17.3 Å². The van der Waals surface area contributed by atoms with Gasteiger partial charge in [0.05, 0.1) is 26.3 Å². The molecule has 8 nitrogen and oxygen atoms in total. The van der Waals surface area contributed by atoms with Gasteiger partial charge in [0.15, 0.2) is 5.75 Å². The van der Waals surface area contributed by atoms with Crippen molar-refractivity contribution in [1.29, 1.82) is 0 Å². The van der Waals surface area contributed by atoms with Crippen molar-refractivity contribution in [1.82, 2.24) is 9.97 Å². The lowest BCUT2D eigenvalue weighted by atomic mass is 10.1. The Morgan fingerprint density at radius 2 is 1.74 bits per heavy atom. The molecule has 0 fully saturated rings. The number of carbonyl (C=O) groups excluding carboxylic acids is 1. The summed E-state index contributed by atoms with van der Waals surface area (Å²) < 4.78 is 10.5. The summed E-state index contributed by atoms with van der Waals surface area (Å²) in [5.74, 6) is 0.0712. The summed E-state index contributed by atoms with van der Waals surface area (Å²) in [5, 5.41) is 19.9. The summed E-state index contributed by atoms with van der Waals surface area (Å²) in [4.78, 5) is 23.4. The molecule has 2 aromatic carbocycles. The van der Waals surface area contributed by atoms with E-state index in [0.717, 1.165) is 22.8 Å². The van der Waals surface area contributed by atoms with Crippen LogP contribution >= 0.6 is 0 Å². The summed E-state index contributed by atoms with van der Waals surface area (Å²) in [7, 11) is 3.08. The van der Waals surface area contributed by atoms with Gasteiger partial charge >= 0.3 is 0 Å². The van der Waals surface area contributed by atoms with Crippen LogP contribution in [0.1, 0.15) is 15.9 Å². The van der Waals surface area contributed by atoms with E-state index in [1.807, 2.05) is 36.4 Å². The van der Waals surface area contributed by atoms with Crippen molar-refractivity contribution in [3.63, 3.8) is 0 Å². The molecule has 34 heavy (non-hydrogen) atoms. The number of carbonyl (C=O) groups is 1. The van der Waals surface area contributed by atoms with Crippen molar-refractivity contribution in [2.75, 3.05) is 19.1 Å². The van der Waals surface area contributed by atoms with E-state index in [-0.39, 0.29) is 23.6 Å². The number of ether oxygens (including phenoxy) is 2. The molecule has 0 aliphatic heterocycles. The van der Waals surface area contributed by atoms with Gasteiger partial charge in [-0.25, -0.2) is 4.98 Å². The predicted molar refractivity (Wildman–Crippen MR) is 127 cm³/mol. The smallest absolute Gasteiger partial charge is 0.262 e. The normalized spacial score (nSPS) is 10.5. The highest BCUT2D eigenvalue weighted by molar-refractivity contribution is 6.08. The SMILES string of the molecule is COc1cc(-c2ccc(N(Cc3cccnc3)C(=O)c3ccc(O)cc3O)cc2)cnc1OC. The molecular weight excluding hydrogens is 434 g/mol. The molecular formula is C26H23N3O5. The van der Waals surface area contributed by atoms with Crippen molar-refractivity contribution in [2.24, 2.45) is 0 Å². The largest absolute Gasteiger partial charge is 0.508 e. The van der Waals surface area contributed by atoms with Crippen LogP contribution < -0.4 is 14.4 Å². The van der Waals surface area contributed by atoms with Gasteiger partial charge in [-0.1, -0.05) is 18.2 Å². The number of nitrogens with zero attached hydrogens (tertiary/aromatic N) is 3. The fraction of sp³-hybridized carbons (Fsp3) is 0.115. The number of benzene rings is 2. The fourth-order valence-corrected chi connectivity index (χ4v) is 3.52. The predicted octanol–water partition coefficient (Wildman–Crippen LogP) is 4.42. The lowest BCUT2D eigenvalue weighted by molar-refractivity contribution is 0.0982. The second kappa shape index (κ2) is 9.91. The number of phenols is 2. The van der Waals surface area contributed by atoms with Gasteiger partial charge in [-0.3, -0.25) is 9.78 Å². The van der Waals surface area contributed by atoms with Gasteiger partial charge in [0.1, 0.15) is 11.5 Å². The highest BCUT2D eigenvalue weighted by atomic mass is 16.5. The zero-order chi connectivity index (χ0) is 24.1. The minimum absolute atomic E-state index is 0.0786. The van der Waals surface area contributed by atoms with Crippen molar-refractivity contribution in [2.45, 2.75) is 6.54 Å². The average Bonchev–Trinajstić information content (AvgIpc) is 2.87. The molecule has 0 aliphatic carbocycles. The molecule has 1 amide bonds. The minimum Gasteiger partial charge on any atom is -0.508 e. The lowest BCUT2D eigenvalue weighted by Gasteiger charge is -2.24. The first-order valence-electron chi connectivity index (χ1n) is 10.4. The van der Waals surface area contributed by atoms with Crippen molar-refractivity contribution < 1.29 is 24.5 Å². The van der Waals surface area contributed by atoms with E-state index in [9.17, 15) is 15.0 Å². The maximum absolute atomic E-state index is 13.4. The Morgan fingerprint density at radius 3 is 2.38 bits per heavy atom. The molecule has 2 aromatic heterocycles. The molecule has 0 unspecified atom stereocenters. The Morgan fingerprint density at radius 1 is 0.941 bits per heavy atom. The maximum atomic E-state index is 13.4. The summed E-state index contributed by atoms with van der Waals surface area (Å²) in [6.07, 6.45) is 5.03. The third-order valence-electron chi connectivity index (χ3n) is 5.26. The average molecular weight is 457 g/mol. The number of amides is 1. The molecule has 4 aromatic rings. The molecule has 8 heteroatoms. The number of aromatic nitrogens is 2. The van der Waals surface area contributed by atoms with Crippen LogP contribution in [0.5, 0.6) is 23.1 Å².